The molecule has 0 spiro atoms. The lowest BCUT2D eigenvalue weighted by molar-refractivity contribution is 0.295. The van der Waals surface area contributed by atoms with Crippen molar-refractivity contribution in [2.45, 2.75) is 6.42 Å². The lowest BCUT2D eigenvalue weighted by Crippen LogP contribution is -2.24. The third-order valence-electron chi connectivity index (χ3n) is 1.59. The molecule has 1 aliphatic rings. The fourth-order valence-corrected chi connectivity index (χ4v) is 1.03. The molecule has 1 aliphatic heterocycles. The number of rotatable bonds is 3. The van der Waals surface area contributed by atoms with Gasteiger partial charge in [-0.1, -0.05) is 0 Å². The van der Waals surface area contributed by atoms with Crippen LogP contribution in [0.25, 0.3) is 0 Å². The van der Waals surface area contributed by atoms with Crippen molar-refractivity contribution >= 4 is 12.4 Å². The molecule has 0 unspecified atom stereocenters. The molecule has 0 aromatic heterocycles. The molecule has 66 valence electrons. The summed E-state index contributed by atoms with van der Waals surface area (Å²) in [4.78, 5) is 4.41. The van der Waals surface area contributed by atoms with Crippen LogP contribution in [0.2, 0.25) is 0 Å². The average molecular weight is 178 g/mol. The summed E-state index contributed by atoms with van der Waals surface area (Å²) in [6.07, 6.45) is 5.27. The maximum absolute atomic E-state index is 5.38. The first-order valence-electron chi connectivity index (χ1n) is 3.65. The van der Waals surface area contributed by atoms with Gasteiger partial charge in [-0.3, -0.25) is 0 Å². The van der Waals surface area contributed by atoms with Gasteiger partial charge in [0.15, 0.2) is 0 Å². The van der Waals surface area contributed by atoms with Gasteiger partial charge in [-0.05, 0) is 13.0 Å². The second-order valence-electron chi connectivity index (χ2n) is 2.65. The maximum Gasteiger partial charge on any atom is 0.0890 e. The van der Waals surface area contributed by atoms with Crippen molar-refractivity contribution in [3.8, 4) is 0 Å². The third kappa shape index (κ3) is 3.49. The Bertz CT molecular complexity index is 127. The standard InChI is InChI=1S/C7H15N3.ClH/c1-9-5-6-10(7-9)4-2-3-8;/h5-6H,2-4,7-8H2,1H3;1H. The van der Waals surface area contributed by atoms with Crippen LogP contribution in [0, 0.1) is 0 Å². The summed E-state index contributed by atoms with van der Waals surface area (Å²) in [5.74, 6) is 0. The minimum absolute atomic E-state index is 0. The summed E-state index contributed by atoms with van der Waals surface area (Å²) < 4.78 is 0. The second kappa shape index (κ2) is 5.27. The maximum atomic E-state index is 5.38. The van der Waals surface area contributed by atoms with Gasteiger partial charge in [-0.25, -0.2) is 0 Å². The van der Waals surface area contributed by atoms with E-state index < -0.39 is 0 Å². The Kier molecular flexibility index (Phi) is 5.07. The molecule has 2 N–H and O–H groups in total. The van der Waals surface area contributed by atoms with Crippen molar-refractivity contribution in [3.63, 3.8) is 0 Å². The van der Waals surface area contributed by atoms with Crippen molar-refractivity contribution in [1.82, 2.24) is 9.80 Å². The highest BCUT2D eigenvalue weighted by atomic mass is 35.5. The highest BCUT2D eigenvalue weighted by molar-refractivity contribution is 5.85. The average Bonchev–Trinajstić information content (AvgIpc) is 2.31. The van der Waals surface area contributed by atoms with E-state index >= 15 is 0 Å². The molecule has 1 rings (SSSR count). The van der Waals surface area contributed by atoms with Crippen molar-refractivity contribution in [1.29, 1.82) is 0 Å². The predicted octanol–water partition coefficient (Wildman–Crippen LogP) is 0.433. The van der Waals surface area contributed by atoms with E-state index in [1.807, 2.05) is 0 Å². The van der Waals surface area contributed by atoms with E-state index in [-0.39, 0.29) is 12.4 Å². The normalized spacial score (nSPS) is 15.5. The quantitative estimate of drug-likeness (QED) is 0.679. The first kappa shape index (κ1) is 10.6. The monoisotopic (exact) mass is 177 g/mol. The zero-order chi connectivity index (χ0) is 7.40. The van der Waals surface area contributed by atoms with Crippen LogP contribution >= 0.6 is 12.4 Å². The summed E-state index contributed by atoms with van der Waals surface area (Å²) in [5.41, 5.74) is 5.38. The number of hydrogen-bond acceptors (Lipinski definition) is 3. The Morgan fingerprint density at radius 1 is 1.45 bits per heavy atom. The van der Waals surface area contributed by atoms with Gasteiger partial charge in [0.25, 0.3) is 0 Å². The number of nitrogens with two attached hydrogens (primary N) is 1. The van der Waals surface area contributed by atoms with E-state index in [2.05, 4.69) is 29.2 Å². The van der Waals surface area contributed by atoms with Crippen molar-refractivity contribution in [2.75, 3.05) is 26.8 Å². The van der Waals surface area contributed by atoms with Crippen LogP contribution in [0.3, 0.4) is 0 Å². The lowest BCUT2D eigenvalue weighted by Gasteiger charge is -2.16. The number of nitrogens with zero attached hydrogens (tertiary/aromatic N) is 2. The highest BCUT2D eigenvalue weighted by Crippen LogP contribution is 2.02. The Morgan fingerprint density at radius 2 is 2.18 bits per heavy atom. The summed E-state index contributed by atoms with van der Waals surface area (Å²) in [6, 6.07) is 0. The van der Waals surface area contributed by atoms with Gasteiger partial charge in [0.2, 0.25) is 0 Å². The largest absolute Gasteiger partial charge is 0.362 e. The molecule has 0 aromatic rings. The molecule has 3 nitrogen and oxygen atoms in total. The molecule has 0 atom stereocenters. The highest BCUT2D eigenvalue weighted by Gasteiger charge is 2.05. The Hall–Kier alpha value is -0.410. The summed E-state index contributed by atoms with van der Waals surface area (Å²) in [7, 11) is 2.07. The predicted molar refractivity (Wildman–Crippen MR) is 49.4 cm³/mol. The summed E-state index contributed by atoms with van der Waals surface area (Å²) >= 11 is 0. The molecular weight excluding hydrogens is 162 g/mol. The first-order valence-corrected chi connectivity index (χ1v) is 3.65. The van der Waals surface area contributed by atoms with E-state index in [0.717, 1.165) is 26.2 Å². The second-order valence-corrected chi connectivity index (χ2v) is 2.65. The SMILES string of the molecule is CN1C=CN(CCCN)C1.Cl. The van der Waals surface area contributed by atoms with Crippen LogP contribution < -0.4 is 5.73 Å². The van der Waals surface area contributed by atoms with Gasteiger partial charge in [0.05, 0.1) is 6.67 Å². The molecule has 0 bridgehead atoms. The zero-order valence-corrected chi connectivity index (χ0v) is 7.68. The van der Waals surface area contributed by atoms with Crippen molar-refractivity contribution < 1.29 is 0 Å². The van der Waals surface area contributed by atoms with E-state index in [1.165, 1.54) is 0 Å². The molecule has 4 heteroatoms. The van der Waals surface area contributed by atoms with Gasteiger partial charge in [-0.2, -0.15) is 0 Å². The van der Waals surface area contributed by atoms with Crippen LogP contribution in [0.15, 0.2) is 12.4 Å². The van der Waals surface area contributed by atoms with E-state index in [9.17, 15) is 0 Å². The van der Waals surface area contributed by atoms with Crippen LogP contribution in [0.1, 0.15) is 6.42 Å². The van der Waals surface area contributed by atoms with E-state index in [1.54, 1.807) is 0 Å². The molecule has 0 saturated carbocycles. The summed E-state index contributed by atoms with van der Waals surface area (Å²) in [6.45, 7) is 2.88. The Balaban J connectivity index is 0.000001000. The van der Waals surface area contributed by atoms with Crippen LogP contribution in [-0.4, -0.2) is 36.6 Å². The van der Waals surface area contributed by atoms with E-state index in [4.69, 9.17) is 5.73 Å². The van der Waals surface area contributed by atoms with Crippen molar-refractivity contribution in [3.05, 3.63) is 12.4 Å². The Labute approximate surface area is 74.2 Å². The van der Waals surface area contributed by atoms with Crippen LogP contribution in [0.5, 0.6) is 0 Å². The van der Waals surface area contributed by atoms with Gasteiger partial charge in [0, 0.05) is 26.0 Å². The van der Waals surface area contributed by atoms with Gasteiger partial charge in [0.1, 0.15) is 0 Å². The number of hydrogen-bond donors (Lipinski definition) is 1. The smallest absolute Gasteiger partial charge is 0.0890 e. The fourth-order valence-electron chi connectivity index (χ4n) is 1.03. The molecule has 0 fully saturated rings. The topological polar surface area (TPSA) is 32.5 Å². The van der Waals surface area contributed by atoms with Crippen LogP contribution in [-0.2, 0) is 0 Å². The minimum Gasteiger partial charge on any atom is -0.362 e. The summed E-state index contributed by atoms with van der Waals surface area (Å²) in [5, 5.41) is 0. The van der Waals surface area contributed by atoms with Crippen molar-refractivity contribution in [2.24, 2.45) is 5.73 Å². The first-order chi connectivity index (χ1) is 4.83. The number of halogens is 1. The Morgan fingerprint density at radius 3 is 2.64 bits per heavy atom. The fraction of sp³-hybridized carbons (Fsp3) is 0.714. The van der Waals surface area contributed by atoms with Gasteiger partial charge < -0.3 is 15.5 Å². The molecule has 0 saturated heterocycles. The zero-order valence-electron chi connectivity index (χ0n) is 6.86. The molecule has 0 aromatic carbocycles. The van der Waals surface area contributed by atoms with Crippen LogP contribution in [0.4, 0.5) is 0 Å². The van der Waals surface area contributed by atoms with E-state index in [0.29, 0.717) is 0 Å². The molecule has 0 aliphatic carbocycles. The molecule has 11 heavy (non-hydrogen) atoms. The molecule has 0 amide bonds. The van der Waals surface area contributed by atoms with Gasteiger partial charge >= 0.3 is 0 Å². The third-order valence-corrected chi connectivity index (χ3v) is 1.59. The molecule has 1 heterocycles. The molecule has 0 radical (unpaired) electrons. The van der Waals surface area contributed by atoms with Gasteiger partial charge in [-0.15, -0.1) is 12.4 Å². The molecular formula is C7H16ClN3. The lowest BCUT2D eigenvalue weighted by atomic mass is 10.4. The minimum atomic E-state index is 0.